The highest BCUT2D eigenvalue weighted by atomic mass is 79.9. The predicted octanol–water partition coefficient (Wildman–Crippen LogP) is 5.81. The number of hydrogen-bond acceptors (Lipinski definition) is 6. The Bertz CT molecular complexity index is 1320. The minimum absolute atomic E-state index is 0.338. The molecule has 0 saturated carbocycles. The van der Waals surface area contributed by atoms with Crippen molar-refractivity contribution in [3.63, 3.8) is 0 Å². The highest BCUT2D eigenvalue weighted by Crippen LogP contribution is 2.33. The number of furan rings is 1. The molecule has 0 aliphatic carbocycles. The van der Waals surface area contributed by atoms with Gasteiger partial charge in [-0.1, -0.05) is 22.9 Å². The number of rotatable bonds is 5. The molecule has 4 heterocycles. The maximum Gasteiger partial charge on any atom is 0.217 e. The van der Waals surface area contributed by atoms with Crippen LogP contribution in [-0.4, -0.2) is 19.6 Å². The Morgan fingerprint density at radius 3 is 2.79 bits per heavy atom. The monoisotopic (exact) mass is 468 g/mol. The van der Waals surface area contributed by atoms with Crippen LogP contribution >= 0.6 is 27.3 Å². The van der Waals surface area contributed by atoms with E-state index in [0.717, 1.165) is 32.5 Å². The molecule has 0 radical (unpaired) electrons. The van der Waals surface area contributed by atoms with Crippen LogP contribution in [-0.2, 0) is 13.0 Å². The first-order valence-electron chi connectivity index (χ1n) is 9.23. The fourth-order valence-corrected chi connectivity index (χ4v) is 4.70. The summed E-state index contributed by atoms with van der Waals surface area (Å²) in [6, 6.07) is 11.5. The molecule has 6 nitrogen and oxygen atoms in total. The van der Waals surface area contributed by atoms with Crippen molar-refractivity contribution in [2.45, 2.75) is 26.9 Å². The molecular weight excluding hydrogens is 452 g/mol. The van der Waals surface area contributed by atoms with E-state index >= 15 is 0 Å². The van der Waals surface area contributed by atoms with Crippen molar-refractivity contribution in [1.82, 2.24) is 19.6 Å². The van der Waals surface area contributed by atoms with Gasteiger partial charge in [0.15, 0.2) is 11.4 Å². The van der Waals surface area contributed by atoms with Gasteiger partial charge in [-0.15, -0.1) is 16.4 Å². The highest BCUT2D eigenvalue weighted by Gasteiger charge is 2.17. The second-order valence-corrected chi connectivity index (χ2v) is 8.75. The van der Waals surface area contributed by atoms with Crippen molar-refractivity contribution in [2.24, 2.45) is 0 Å². The summed E-state index contributed by atoms with van der Waals surface area (Å²) in [5.41, 5.74) is 2.10. The highest BCUT2D eigenvalue weighted by molar-refractivity contribution is 9.10. The molecule has 0 saturated heterocycles. The third-order valence-corrected chi connectivity index (χ3v) is 6.34. The summed E-state index contributed by atoms with van der Waals surface area (Å²) in [4.78, 5) is 11.6. The quantitative estimate of drug-likeness (QED) is 0.325. The number of aryl methyl sites for hydroxylation is 2. The lowest BCUT2D eigenvalue weighted by Gasteiger charge is -2.03. The van der Waals surface area contributed by atoms with Crippen molar-refractivity contribution in [3.05, 3.63) is 63.4 Å². The fraction of sp³-hybridized carbons (Fsp3) is 0.190. The van der Waals surface area contributed by atoms with Crippen molar-refractivity contribution in [1.29, 1.82) is 0 Å². The Hall–Kier alpha value is -2.71. The van der Waals surface area contributed by atoms with E-state index in [0.29, 0.717) is 24.0 Å². The van der Waals surface area contributed by atoms with E-state index in [4.69, 9.17) is 14.1 Å². The van der Waals surface area contributed by atoms with E-state index in [2.05, 4.69) is 39.9 Å². The molecular formula is C21H17BrN4O2S. The van der Waals surface area contributed by atoms with Gasteiger partial charge in [0.05, 0.1) is 5.39 Å². The third kappa shape index (κ3) is 3.32. The summed E-state index contributed by atoms with van der Waals surface area (Å²) in [5.74, 6) is 2.65. The zero-order valence-electron chi connectivity index (χ0n) is 15.8. The van der Waals surface area contributed by atoms with Crippen molar-refractivity contribution < 1.29 is 9.15 Å². The van der Waals surface area contributed by atoms with Gasteiger partial charge in [0, 0.05) is 9.35 Å². The minimum Gasteiger partial charge on any atom is -0.486 e. The summed E-state index contributed by atoms with van der Waals surface area (Å²) in [6.45, 7) is 4.62. The maximum absolute atomic E-state index is 5.93. The Morgan fingerprint density at radius 1 is 1.17 bits per heavy atom. The number of fused-ring (bicyclic) bond motifs is 3. The standard InChI is InChI=1S/C21H17BrN4O2S/c1-3-16-12(2)29-21-18(16)20-24-19(25-26(20)11-23-21)17-9-8-15(28-17)10-27-14-6-4-13(22)5-7-14/h4-9,11H,3,10H2,1-2H3. The smallest absolute Gasteiger partial charge is 0.217 e. The van der Waals surface area contributed by atoms with Gasteiger partial charge in [0.1, 0.15) is 29.3 Å². The number of hydrogen-bond donors (Lipinski definition) is 0. The number of benzene rings is 1. The number of nitrogens with zero attached hydrogens (tertiary/aromatic N) is 4. The SMILES string of the molecule is CCc1c(C)sc2ncn3nc(-c4ccc(COc5ccc(Br)cc5)o4)nc3c12. The first-order chi connectivity index (χ1) is 14.1. The lowest BCUT2D eigenvalue weighted by atomic mass is 10.1. The Labute approximate surface area is 179 Å². The van der Waals surface area contributed by atoms with Gasteiger partial charge in [-0.2, -0.15) is 0 Å². The van der Waals surface area contributed by atoms with Crippen LogP contribution in [0.4, 0.5) is 0 Å². The van der Waals surface area contributed by atoms with Crippen LogP contribution < -0.4 is 4.74 Å². The van der Waals surface area contributed by atoms with E-state index in [9.17, 15) is 0 Å². The molecule has 0 unspecified atom stereocenters. The largest absolute Gasteiger partial charge is 0.486 e. The summed E-state index contributed by atoms with van der Waals surface area (Å²) in [5, 5.41) is 5.65. The molecule has 0 amide bonds. The average Bonchev–Trinajstić information content (AvgIpc) is 3.42. The van der Waals surface area contributed by atoms with Crippen LogP contribution in [0.1, 0.15) is 23.1 Å². The van der Waals surface area contributed by atoms with Crippen molar-refractivity contribution in [2.75, 3.05) is 0 Å². The van der Waals surface area contributed by atoms with E-state index in [1.807, 2.05) is 36.4 Å². The minimum atomic E-state index is 0.338. The molecule has 0 aliphatic rings. The normalized spacial score (nSPS) is 11.6. The molecule has 0 N–H and O–H groups in total. The van der Waals surface area contributed by atoms with E-state index in [-0.39, 0.29) is 0 Å². The topological polar surface area (TPSA) is 65.5 Å². The molecule has 5 rings (SSSR count). The van der Waals surface area contributed by atoms with Crippen LogP contribution in [0.5, 0.6) is 5.75 Å². The van der Waals surface area contributed by atoms with Gasteiger partial charge in [-0.25, -0.2) is 14.5 Å². The third-order valence-electron chi connectivity index (χ3n) is 4.76. The first kappa shape index (κ1) is 18.3. The number of ether oxygens (including phenoxy) is 1. The van der Waals surface area contributed by atoms with Crippen LogP contribution in [0.25, 0.3) is 27.4 Å². The van der Waals surface area contributed by atoms with E-state index in [1.165, 1.54) is 10.4 Å². The Balaban J connectivity index is 1.45. The molecule has 8 heteroatoms. The molecule has 0 aliphatic heterocycles. The summed E-state index contributed by atoms with van der Waals surface area (Å²) in [6.07, 6.45) is 2.65. The second-order valence-electron chi connectivity index (χ2n) is 6.63. The number of halogens is 1. The first-order valence-corrected chi connectivity index (χ1v) is 10.8. The van der Waals surface area contributed by atoms with Gasteiger partial charge in [0.25, 0.3) is 0 Å². The number of aromatic nitrogens is 4. The molecule has 0 atom stereocenters. The molecule has 4 aromatic heterocycles. The van der Waals surface area contributed by atoms with Gasteiger partial charge >= 0.3 is 0 Å². The Kier molecular flexibility index (Phi) is 4.60. The van der Waals surface area contributed by atoms with Crippen LogP contribution in [0.3, 0.4) is 0 Å². The maximum atomic E-state index is 5.93. The van der Waals surface area contributed by atoms with Gasteiger partial charge in [-0.05, 0) is 55.3 Å². The van der Waals surface area contributed by atoms with E-state index in [1.54, 1.807) is 22.2 Å². The van der Waals surface area contributed by atoms with Gasteiger partial charge in [0.2, 0.25) is 5.82 Å². The zero-order valence-corrected chi connectivity index (χ0v) is 18.2. The molecule has 0 fully saturated rings. The summed E-state index contributed by atoms with van der Waals surface area (Å²) in [7, 11) is 0. The second kappa shape index (κ2) is 7.27. The molecule has 146 valence electrons. The van der Waals surface area contributed by atoms with Crippen LogP contribution in [0.15, 0.2) is 51.6 Å². The predicted molar refractivity (Wildman–Crippen MR) is 116 cm³/mol. The van der Waals surface area contributed by atoms with E-state index < -0.39 is 0 Å². The van der Waals surface area contributed by atoms with Crippen LogP contribution in [0.2, 0.25) is 0 Å². The molecule has 1 aromatic carbocycles. The Morgan fingerprint density at radius 2 is 2.00 bits per heavy atom. The van der Waals surface area contributed by atoms with Crippen molar-refractivity contribution in [3.8, 4) is 17.3 Å². The average molecular weight is 469 g/mol. The lowest BCUT2D eigenvalue weighted by Crippen LogP contribution is -1.93. The van der Waals surface area contributed by atoms with Crippen LogP contribution in [0, 0.1) is 6.92 Å². The lowest BCUT2D eigenvalue weighted by molar-refractivity contribution is 0.271. The van der Waals surface area contributed by atoms with Crippen molar-refractivity contribution >= 4 is 43.1 Å². The zero-order chi connectivity index (χ0) is 20.0. The fourth-order valence-electron chi connectivity index (χ4n) is 3.36. The molecule has 29 heavy (non-hydrogen) atoms. The van der Waals surface area contributed by atoms with Gasteiger partial charge in [-0.3, -0.25) is 0 Å². The molecule has 5 aromatic rings. The summed E-state index contributed by atoms with van der Waals surface area (Å²) < 4.78 is 14.4. The van der Waals surface area contributed by atoms with Gasteiger partial charge < -0.3 is 9.15 Å². The number of thiophene rings is 1. The molecule has 0 bridgehead atoms. The molecule has 0 spiro atoms. The summed E-state index contributed by atoms with van der Waals surface area (Å²) >= 11 is 5.11.